The van der Waals surface area contributed by atoms with Gasteiger partial charge in [-0.3, -0.25) is 0 Å². The number of nitrogens with one attached hydrogen (secondary N) is 1. The number of nitrogens with zero attached hydrogens (tertiary/aromatic N) is 1. The fraction of sp³-hybridized carbons (Fsp3) is 0.941. The first-order chi connectivity index (χ1) is 10.4. The van der Waals surface area contributed by atoms with E-state index in [1.165, 1.54) is 0 Å². The maximum atomic E-state index is 12.1. The number of hydrogen-bond donors (Lipinski definition) is 1. The minimum atomic E-state index is -0.415. The summed E-state index contributed by atoms with van der Waals surface area (Å²) in [6.07, 6.45) is 5.71. The van der Waals surface area contributed by atoms with Crippen LogP contribution >= 0.6 is 0 Å². The molecular formula is C17H32N2O3. The molecule has 0 radical (unpaired) electrons. The largest absolute Gasteiger partial charge is 0.444 e. The molecule has 1 unspecified atom stereocenters. The monoisotopic (exact) mass is 312 g/mol. The van der Waals surface area contributed by atoms with E-state index in [2.05, 4.69) is 12.2 Å². The molecule has 1 saturated heterocycles. The lowest BCUT2D eigenvalue weighted by molar-refractivity contribution is -0.0127. The summed E-state index contributed by atoms with van der Waals surface area (Å²) in [5.74, 6) is 0. The van der Waals surface area contributed by atoms with Gasteiger partial charge in [0.05, 0.1) is 6.10 Å². The standard InChI is InChI=1S/C17H32N2O3/c1-5-21-15-11-14(12-15)18-13-7-6-9-19(10-8-13)16(20)22-17(2,3)4/h13-15,18H,5-12H2,1-4H3. The highest BCUT2D eigenvalue weighted by molar-refractivity contribution is 5.68. The quantitative estimate of drug-likeness (QED) is 0.867. The summed E-state index contributed by atoms with van der Waals surface area (Å²) in [6.45, 7) is 10.2. The summed E-state index contributed by atoms with van der Waals surface area (Å²) in [5.41, 5.74) is -0.415. The normalized spacial score (nSPS) is 29.6. The summed E-state index contributed by atoms with van der Waals surface area (Å²) in [6, 6.07) is 1.11. The third-order valence-corrected chi connectivity index (χ3v) is 4.35. The minimum absolute atomic E-state index is 0.173. The van der Waals surface area contributed by atoms with Crippen LogP contribution in [0.25, 0.3) is 0 Å². The lowest BCUT2D eigenvalue weighted by Crippen LogP contribution is -2.49. The molecule has 2 rings (SSSR count). The van der Waals surface area contributed by atoms with Crippen molar-refractivity contribution in [2.75, 3.05) is 19.7 Å². The van der Waals surface area contributed by atoms with Crippen LogP contribution in [0.15, 0.2) is 0 Å². The molecule has 1 amide bonds. The minimum Gasteiger partial charge on any atom is -0.444 e. The molecule has 0 bridgehead atoms. The highest BCUT2D eigenvalue weighted by atomic mass is 16.6. The maximum absolute atomic E-state index is 12.1. The van der Waals surface area contributed by atoms with E-state index in [0.717, 1.165) is 51.8 Å². The Morgan fingerprint density at radius 2 is 1.91 bits per heavy atom. The number of hydrogen-bond acceptors (Lipinski definition) is 4. The molecule has 5 heteroatoms. The lowest BCUT2D eigenvalue weighted by Gasteiger charge is -2.38. The van der Waals surface area contributed by atoms with Crippen molar-refractivity contribution in [3.8, 4) is 0 Å². The zero-order chi connectivity index (χ0) is 16.2. The van der Waals surface area contributed by atoms with E-state index in [1.807, 2.05) is 25.7 Å². The van der Waals surface area contributed by atoms with Crippen molar-refractivity contribution < 1.29 is 14.3 Å². The molecule has 1 aliphatic heterocycles. The zero-order valence-electron chi connectivity index (χ0n) is 14.6. The van der Waals surface area contributed by atoms with Gasteiger partial charge in [-0.05, 0) is 59.8 Å². The van der Waals surface area contributed by atoms with E-state index < -0.39 is 5.60 Å². The van der Waals surface area contributed by atoms with Crippen molar-refractivity contribution in [2.45, 2.75) is 83.6 Å². The number of rotatable bonds is 4. The molecule has 0 spiro atoms. The van der Waals surface area contributed by atoms with Gasteiger partial charge in [0.15, 0.2) is 0 Å². The van der Waals surface area contributed by atoms with Crippen molar-refractivity contribution in [3.63, 3.8) is 0 Å². The van der Waals surface area contributed by atoms with Crippen LogP contribution in [0.4, 0.5) is 4.79 Å². The van der Waals surface area contributed by atoms with Crippen molar-refractivity contribution in [1.82, 2.24) is 10.2 Å². The molecular weight excluding hydrogens is 280 g/mol. The fourth-order valence-electron chi connectivity index (χ4n) is 3.18. The van der Waals surface area contributed by atoms with Gasteiger partial charge < -0.3 is 19.7 Å². The molecule has 2 aliphatic rings. The summed E-state index contributed by atoms with van der Waals surface area (Å²) >= 11 is 0. The van der Waals surface area contributed by atoms with Crippen LogP contribution in [-0.4, -0.2) is 54.5 Å². The summed E-state index contributed by atoms with van der Waals surface area (Å²) in [5, 5.41) is 3.73. The molecule has 2 fully saturated rings. The van der Waals surface area contributed by atoms with Crippen LogP contribution in [0.1, 0.15) is 59.8 Å². The van der Waals surface area contributed by atoms with Crippen LogP contribution in [0.3, 0.4) is 0 Å². The molecule has 0 aromatic carbocycles. The molecule has 1 atom stereocenters. The zero-order valence-corrected chi connectivity index (χ0v) is 14.6. The van der Waals surface area contributed by atoms with Gasteiger partial charge in [-0.1, -0.05) is 0 Å². The van der Waals surface area contributed by atoms with Crippen molar-refractivity contribution in [2.24, 2.45) is 0 Å². The van der Waals surface area contributed by atoms with E-state index in [4.69, 9.17) is 9.47 Å². The average Bonchev–Trinajstić information content (AvgIpc) is 2.60. The Bertz CT molecular complexity index is 361. The average molecular weight is 312 g/mol. The molecule has 1 aliphatic carbocycles. The lowest BCUT2D eigenvalue weighted by atomic mass is 9.88. The molecule has 0 aromatic heterocycles. The summed E-state index contributed by atoms with van der Waals surface area (Å²) in [4.78, 5) is 14.0. The highest BCUT2D eigenvalue weighted by Crippen LogP contribution is 2.25. The van der Waals surface area contributed by atoms with Crippen LogP contribution < -0.4 is 5.32 Å². The smallest absolute Gasteiger partial charge is 0.410 e. The second kappa shape index (κ2) is 7.64. The maximum Gasteiger partial charge on any atom is 0.410 e. The van der Waals surface area contributed by atoms with Gasteiger partial charge in [0.25, 0.3) is 0 Å². The number of likely N-dealkylation sites (tertiary alicyclic amines) is 1. The van der Waals surface area contributed by atoms with Crippen LogP contribution in [0, 0.1) is 0 Å². The van der Waals surface area contributed by atoms with Gasteiger partial charge in [0, 0.05) is 31.8 Å². The van der Waals surface area contributed by atoms with E-state index in [0.29, 0.717) is 18.2 Å². The Morgan fingerprint density at radius 1 is 1.18 bits per heavy atom. The second-order valence-corrected chi connectivity index (χ2v) is 7.51. The highest BCUT2D eigenvalue weighted by Gasteiger charge is 2.32. The van der Waals surface area contributed by atoms with Crippen molar-refractivity contribution in [3.05, 3.63) is 0 Å². The first-order valence-corrected chi connectivity index (χ1v) is 8.73. The third-order valence-electron chi connectivity index (χ3n) is 4.35. The molecule has 5 nitrogen and oxygen atoms in total. The van der Waals surface area contributed by atoms with Gasteiger partial charge >= 0.3 is 6.09 Å². The Labute approximate surface area is 134 Å². The summed E-state index contributed by atoms with van der Waals surface area (Å²) in [7, 11) is 0. The van der Waals surface area contributed by atoms with Crippen molar-refractivity contribution >= 4 is 6.09 Å². The van der Waals surface area contributed by atoms with E-state index in [-0.39, 0.29) is 6.09 Å². The van der Waals surface area contributed by atoms with E-state index in [9.17, 15) is 4.79 Å². The fourth-order valence-corrected chi connectivity index (χ4v) is 3.18. The number of carbonyl (C=O) groups is 1. The SMILES string of the molecule is CCOC1CC(NC2CCCN(C(=O)OC(C)(C)C)CC2)C1. The van der Waals surface area contributed by atoms with E-state index in [1.54, 1.807) is 0 Å². The summed E-state index contributed by atoms with van der Waals surface area (Å²) < 4.78 is 11.1. The number of ether oxygens (including phenoxy) is 2. The number of amides is 1. The van der Waals surface area contributed by atoms with Gasteiger partial charge in [-0.15, -0.1) is 0 Å². The van der Waals surface area contributed by atoms with E-state index >= 15 is 0 Å². The van der Waals surface area contributed by atoms with Crippen LogP contribution in [0.5, 0.6) is 0 Å². The van der Waals surface area contributed by atoms with Crippen LogP contribution in [-0.2, 0) is 9.47 Å². The Morgan fingerprint density at radius 3 is 2.55 bits per heavy atom. The van der Waals surface area contributed by atoms with Crippen LogP contribution in [0.2, 0.25) is 0 Å². The Kier molecular flexibility index (Phi) is 6.09. The van der Waals surface area contributed by atoms with Gasteiger partial charge in [0.1, 0.15) is 5.60 Å². The molecule has 0 aromatic rings. The third kappa shape index (κ3) is 5.43. The predicted molar refractivity (Wildman–Crippen MR) is 87.0 cm³/mol. The molecule has 1 saturated carbocycles. The van der Waals surface area contributed by atoms with Crippen molar-refractivity contribution in [1.29, 1.82) is 0 Å². The molecule has 1 N–H and O–H groups in total. The molecule has 22 heavy (non-hydrogen) atoms. The molecule has 1 heterocycles. The first-order valence-electron chi connectivity index (χ1n) is 8.73. The van der Waals surface area contributed by atoms with Gasteiger partial charge in [-0.25, -0.2) is 4.79 Å². The topological polar surface area (TPSA) is 50.8 Å². The number of carbonyl (C=O) groups excluding carboxylic acids is 1. The Balaban J connectivity index is 1.70. The van der Waals surface area contributed by atoms with Gasteiger partial charge in [-0.2, -0.15) is 0 Å². The predicted octanol–water partition coefficient (Wildman–Crippen LogP) is 2.93. The van der Waals surface area contributed by atoms with Gasteiger partial charge in [0.2, 0.25) is 0 Å². The molecule has 128 valence electrons. The second-order valence-electron chi connectivity index (χ2n) is 7.51. The first kappa shape index (κ1) is 17.5. The Hall–Kier alpha value is -0.810.